The van der Waals surface area contributed by atoms with Crippen molar-refractivity contribution in [3.05, 3.63) is 83.4 Å². The minimum absolute atomic E-state index is 0.0651. The standard InChI is InChI=1S/C31H37N3O3/c1-5-32(6-2)30(35)24-11-14-27(15-12-24)33-17-19-34(20-18-33)31(36)26-13-16-29(23(4)21-26)25-9-8-10-28(22-25)37-7-3/h8-16,21-22H,5-7,17-20H2,1-4H3. The highest BCUT2D eigenvalue weighted by atomic mass is 16.5. The van der Waals surface area contributed by atoms with Crippen molar-refractivity contribution in [3.8, 4) is 16.9 Å². The molecule has 0 atom stereocenters. The predicted molar refractivity (Wildman–Crippen MR) is 150 cm³/mol. The van der Waals surface area contributed by atoms with Crippen molar-refractivity contribution in [2.45, 2.75) is 27.7 Å². The molecule has 0 saturated carbocycles. The Balaban J connectivity index is 1.38. The smallest absolute Gasteiger partial charge is 0.253 e. The maximum atomic E-state index is 13.3. The van der Waals surface area contributed by atoms with Crippen LogP contribution >= 0.6 is 0 Å². The first kappa shape index (κ1) is 26.3. The number of piperazine rings is 1. The van der Waals surface area contributed by atoms with E-state index in [0.717, 1.165) is 46.8 Å². The van der Waals surface area contributed by atoms with Gasteiger partial charge in [0.15, 0.2) is 0 Å². The fraction of sp³-hybridized carbons (Fsp3) is 0.355. The number of carbonyl (C=O) groups is 2. The third kappa shape index (κ3) is 5.96. The second kappa shape index (κ2) is 12.0. The van der Waals surface area contributed by atoms with E-state index in [0.29, 0.717) is 38.3 Å². The van der Waals surface area contributed by atoms with Gasteiger partial charge in [-0.25, -0.2) is 0 Å². The first-order valence-electron chi connectivity index (χ1n) is 13.2. The van der Waals surface area contributed by atoms with Crippen LogP contribution in [0, 0.1) is 6.92 Å². The fourth-order valence-corrected chi connectivity index (χ4v) is 4.90. The van der Waals surface area contributed by atoms with E-state index in [2.05, 4.69) is 11.0 Å². The van der Waals surface area contributed by atoms with E-state index >= 15 is 0 Å². The number of benzene rings is 3. The first-order valence-corrected chi connectivity index (χ1v) is 13.2. The molecule has 1 saturated heterocycles. The number of nitrogens with zero attached hydrogens (tertiary/aromatic N) is 3. The van der Waals surface area contributed by atoms with Gasteiger partial charge in [-0.1, -0.05) is 18.2 Å². The zero-order chi connectivity index (χ0) is 26.4. The number of aryl methyl sites for hydroxylation is 1. The Morgan fingerprint density at radius 3 is 2.14 bits per heavy atom. The third-order valence-electron chi connectivity index (χ3n) is 7.03. The Morgan fingerprint density at radius 2 is 1.51 bits per heavy atom. The normalized spacial score (nSPS) is 13.4. The van der Waals surface area contributed by atoms with Gasteiger partial charge in [-0.05, 0) is 92.9 Å². The van der Waals surface area contributed by atoms with Crippen LogP contribution in [-0.4, -0.2) is 67.5 Å². The Hall–Kier alpha value is -3.80. The topological polar surface area (TPSA) is 53.1 Å². The van der Waals surface area contributed by atoms with Crippen LogP contribution in [0.4, 0.5) is 5.69 Å². The Kier molecular flexibility index (Phi) is 8.49. The summed E-state index contributed by atoms with van der Waals surface area (Å²) in [5.74, 6) is 0.982. The number of rotatable bonds is 8. The van der Waals surface area contributed by atoms with Gasteiger partial charge >= 0.3 is 0 Å². The molecular formula is C31H37N3O3. The summed E-state index contributed by atoms with van der Waals surface area (Å²) >= 11 is 0. The molecular weight excluding hydrogens is 462 g/mol. The lowest BCUT2D eigenvalue weighted by molar-refractivity contribution is 0.0744. The molecule has 1 fully saturated rings. The summed E-state index contributed by atoms with van der Waals surface area (Å²) in [5, 5.41) is 0. The lowest BCUT2D eigenvalue weighted by atomic mass is 9.97. The molecule has 4 rings (SSSR count). The van der Waals surface area contributed by atoms with Gasteiger partial charge in [0.2, 0.25) is 0 Å². The van der Waals surface area contributed by atoms with Crippen molar-refractivity contribution in [2.75, 3.05) is 50.8 Å². The number of anilines is 1. The van der Waals surface area contributed by atoms with Gasteiger partial charge in [-0.2, -0.15) is 0 Å². The van der Waals surface area contributed by atoms with E-state index in [9.17, 15) is 9.59 Å². The fourth-order valence-electron chi connectivity index (χ4n) is 4.90. The van der Waals surface area contributed by atoms with E-state index < -0.39 is 0 Å². The number of hydrogen-bond donors (Lipinski definition) is 0. The van der Waals surface area contributed by atoms with Crippen LogP contribution < -0.4 is 9.64 Å². The molecule has 3 aromatic carbocycles. The van der Waals surface area contributed by atoms with Crippen molar-refractivity contribution >= 4 is 17.5 Å². The van der Waals surface area contributed by atoms with Crippen LogP contribution in [0.25, 0.3) is 11.1 Å². The third-order valence-corrected chi connectivity index (χ3v) is 7.03. The quantitative estimate of drug-likeness (QED) is 0.410. The van der Waals surface area contributed by atoms with Gasteiger partial charge in [0.1, 0.15) is 5.75 Å². The van der Waals surface area contributed by atoms with E-state index in [1.54, 1.807) is 0 Å². The number of hydrogen-bond acceptors (Lipinski definition) is 4. The summed E-state index contributed by atoms with van der Waals surface area (Å²) in [6.45, 7) is 12.9. The van der Waals surface area contributed by atoms with Crippen LogP contribution in [0.3, 0.4) is 0 Å². The summed E-state index contributed by atoms with van der Waals surface area (Å²) < 4.78 is 5.64. The molecule has 6 heteroatoms. The number of amides is 2. The summed E-state index contributed by atoms with van der Waals surface area (Å²) in [6.07, 6.45) is 0. The van der Waals surface area contributed by atoms with Crippen molar-refractivity contribution in [1.82, 2.24) is 9.80 Å². The van der Waals surface area contributed by atoms with Crippen molar-refractivity contribution in [3.63, 3.8) is 0 Å². The lowest BCUT2D eigenvalue weighted by Crippen LogP contribution is -2.48. The zero-order valence-electron chi connectivity index (χ0n) is 22.4. The molecule has 0 spiro atoms. The molecule has 1 aliphatic rings. The highest BCUT2D eigenvalue weighted by Crippen LogP contribution is 2.28. The largest absolute Gasteiger partial charge is 0.494 e. The minimum Gasteiger partial charge on any atom is -0.494 e. The monoisotopic (exact) mass is 499 g/mol. The molecule has 6 nitrogen and oxygen atoms in total. The van der Waals surface area contributed by atoms with Gasteiger partial charge in [0.05, 0.1) is 6.61 Å². The van der Waals surface area contributed by atoms with Crippen LogP contribution in [0.1, 0.15) is 47.1 Å². The average molecular weight is 500 g/mol. The molecule has 1 aliphatic heterocycles. The molecule has 0 unspecified atom stereocenters. The van der Waals surface area contributed by atoms with Gasteiger partial charge in [0.25, 0.3) is 11.8 Å². The maximum absolute atomic E-state index is 13.3. The predicted octanol–water partition coefficient (Wildman–Crippen LogP) is 5.51. The van der Waals surface area contributed by atoms with Crippen molar-refractivity contribution in [2.24, 2.45) is 0 Å². The molecule has 0 bridgehead atoms. The Bertz CT molecular complexity index is 1230. The summed E-state index contributed by atoms with van der Waals surface area (Å²) in [5.41, 5.74) is 5.77. The van der Waals surface area contributed by atoms with Crippen molar-refractivity contribution < 1.29 is 14.3 Å². The Labute approximate surface area is 220 Å². The summed E-state index contributed by atoms with van der Waals surface area (Å²) in [4.78, 5) is 31.9. The van der Waals surface area contributed by atoms with Gasteiger partial charge in [-0.15, -0.1) is 0 Å². The highest BCUT2D eigenvalue weighted by Gasteiger charge is 2.23. The average Bonchev–Trinajstić information content (AvgIpc) is 2.94. The molecule has 0 N–H and O–H groups in total. The number of ether oxygens (including phenoxy) is 1. The second-order valence-corrected chi connectivity index (χ2v) is 9.29. The summed E-state index contributed by atoms with van der Waals surface area (Å²) in [7, 11) is 0. The SMILES string of the molecule is CCOc1cccc(-c2ccc(C(=O)N3CCN(c4ccc(C(=O)N(CC)CC)cc4)CC3)cc2C)c1. The first-order chi connectivity index (χ1) is 17.9. The van der Waals surface area contributed by atoms with Crippen LogP contribution in [0.5, 0.6) is 5.75 Å². The highest BCUT2D eigenvalue weighted by molar-refractivity contribution is 5.96. The number of carbonyl (C=O) groups excluding carboxylic acids is 2. The van der Waals surface area contributed by atoms with Crippen LogP contribution in [0.15, 0.2) is 66.7 Å². The molecule has 3 aromatic rings. The lowest BCUT2D eigenvalue weighted by Gasteiger charge is -2.36. The van der Waals surface area contributed by atoms with E-state index in [4.69, 9.17) is 4.74 Å². The second-order valence-electron chi connectivity index (χ2n) is 9.29. The molecule has 194 valence electrons. The van der Waals surface area contributed by atoms with Gasteiger partial charge in [0, 0.05) is 56.1 Å². The molecule has 0 aromatic heterocycles. The molecule has 37 heavy (non-hydrogen) atoms. The van der Waals surface area contributed by atoms with Crippen LogP contribution in [0.2, 0.25) is 0 Å². The molecule has 2 amide bonds. The van der Waals surface area contributed by atoms with Crippen LogP contribution in [-0.2, 0) is 0 Å². The Morgan fingerprint density at radius 1 is 0.838 bits per heavy atom. The molecule has 0 aliphatic carbocycles. The van der Waals surface area contributed by atoms with E-state index in [-0.39, 0.29) is 11.8 Å². The zero-order valence-corrected chi connectivity index (χ0v) is 22.4. The minimum atomic E-state index is 0.0651. The van der Waals surface area contributed by atoms with Gasteiger partial charge in [-0.3, -0.25) is 9.59 Å². The maximum Gasteiger partial charge on any atom is 0.253 e. The van der Waals surface area contributed by atoms with E-state index in [1.165, 1.54) is 0 Å². The van der Waals surface area contributed by atoms with Gasteiger partial charge < -0.3 is 19.4 Å². The van der Waals surface area contributed by atoms with Crippen molar-refractivity contribution in [1.29, 1.82) is 0 Å². The molecule has 0 radical (unpaired) electrons. The molecule has 1 heterocycles. The summed E-state index contributed by atoms with van der Waals surface area (Å²) in [6, 6.07) is 21.8. The van der Waals surface area contributed by atoms with E-state index in [1.807, 2.05) is 98.2 Å².